The summed E-state index contributed by atoms with van der Waals surface area (Å²) in [6.45, 7) is 6.67. The zero-order valence-electron chi connectivity index (χ0n) is 25.2. The van der Waals surface area contributed by atoms with Crippen LogP contribution in [0.4, 0.5) is 0 Å². The molecule has 4 N–H and O–H groups in total. The molecule has 1 aliphatic rings. The number of rotatable bonds is 17. The van der Waals surface area contributed by atoms with Crippen molar-refractivity contribution in [3.05, 3.63) is 0 Å². The van der Waals surface area contributed by atoms with Gasteiger partial charge in [-0.15, -0.1) is 0 Å². The van der Waals surface area contributed by atoms with Gasteiger partial charge in [0.05, 0.1) is 32.7 Å². The van der Waals surface area contributed by atoms with Crippen molar-refractivity contribution >= 4 is 29.8 Å². The minimum absolute atomic E-state index is 0.0110. The second-order valence-electron chi connectivity index (χ2n) is 10.7. The summed E-state index contributed by atoms with van der Waals surface area (Å²) in [4.78, 5) is 71.0. The number of aliphatic carboxylic acids is 4. The third-order valence-electron chi connectivity index (χ3n) is 7.14. The van der Waals surface area contributed by atoms with E-state index in [9.17, 15) is 39.3 Å². The number of amides is 1. The van der Waals surface area contributed by atoms with Gasteiger partial charge < -0.3 is 30.2 Å². The largest absolute Gasteiger partial charge is 0.480 e. The van der Waals surface area contributed by atoms with Crippen molar-refractivity contribution in [2.45, 2.75) is 6.92 Å². The molecule has 242 valence electrons. The standard InChI is InChI=1S/C26H49N7O9/c1-4-29(18-23(35)36)8-7-27(2)5-6-28(3)17-22(34)33-15-13-31(20-25(39)40)11-9-30(19-24(37)38)10-12-32(14-16-33)21-26(41)42/h4-21H2,1-3H3,(H,35,36)(H,37,38)(H,39,40)(H,41,42). The number of likely N-dealkylation sites (N-methyl/N-ethyl adjacent to an activating group) is 3. The molecular weight excluding hydrogens is 554 g/mol. The molecule has 0 aliphatic carbocycles. The SMILES string of the molecule is CCN(CCN(C)CCN(C)CC(=O)N1CCN(CC(=O)O)CCN(CC(=O)O)CCN(CC(=O)O)CC1)CC(=O)O. The summed E-state index contributed by atoms with van der Waals surface area (Å²) in [6.07, 6.45) is 0. The van der Waals surface area contributed by atoms with Crippen LogP contribution in [-0.2, 0) is 24.0 Å². The average molecular weight is 604 g/mol. The number of carbonyl (C=O) groups excluding carboxylic acids is 1. The predicted octanol–water partition coefficient (Wildman–Crippen LogP) is -2.74. The molecular formula is C26H49N7O9. The fourth-order valence-electron chi connectivity index (χ4n) is 4.55. The van der Waals surface area contributed by atoms with Crippen molar-refractivity contribution in [3.8, 4) is 0 Å². The van der Waals surface area contributed by atoms with Gasteiger partial charge in [0.2, 0.25) is 5.91 Å². The quantitative estimate of drug-likeness (QED) is 0.134. The molecule has 0 aromatic heterocycles. The van der Waals surface area contributed by atoms with E-state index in [4.69, 9.17) is 5.11 Å². The highest BCUT2D eigenvalue weighted by atomic mass is 16.4. The maximum absolute atomic E-state index is 13.3. The summed E-state index contributed by atoms with van der Waals surface area (Å²) < 4.78 is 0. The Morgan fingerprint density at radius 2 is 0.929 bits per heavy atom. The Morgan fingerprint density at radius 3 is 1.31 bits per heavy atom. The van der Waals surface area contributed by atoms with Crippen LogP contribution in [-0.4, -0.2) is 216 Å². The molecule has 0 saturated carbocycles. The maximum atomic E-state index is 13.3. The second kappa shape index (κ2) is 20.1. The lowest BCUT2D eigenvalue weighted by Crippen LogP contribution is -2.50. The summed E-state index contributed by atoms with van der Waals surface area (Å²) >= 11 is 0. The Bertz CT molecular complexity index is 847. The Balaban J connectivity index is 2.82. The molecule has 0 aromatic rings. The highest BCUT2D eigenvalue weighted by molar-refractivity contribution is 5.78. The number of hydrogen-bond acceptors (Lipinski definition) is 11. The van der Waals surface area contributed by atoms with Gasteiger partial charge in [0.25, 0.3) is 0 Å². The Hall–Kier alpha value is -2.89. The molecule has 16 nitrogen and oxygen atoms in total. The first kappa shape index (κ1) is 37.1. The van der Waals surface area contributed by atoms with Crippen molar-refractivity contribution in [1.29, 1.82) is 0 Å². The van der Waals surface area contributed by atoms with Crippen LogP contribution in [0.2, 0.25) is 0 Å². The lowest BCUT2D eigenvalue weighted by Gasteiger charge is -2.33. The van der Waals surface area contributed by atoms with Crippen LogP contribution in [0.3, 0.4) is 0 Å². The van der Waals surface area contributed by atoms with Crippen LogP contribution in [0.15, 0.2) is 0 Å². The fourth-order valence-corrected chi connectivity index (χ4v) is 4.55. The minimum Gasteiger partial charge on any atom is -0.480 e. The highest BCUT2D eigenvalue weighted by Crippen LogP contribution is 2.03. The summed E-state index contributed by atoms with van der Waals surface area (Å²) in [7, 11) is 3.77. The van der Waals surface area contributed by atoms with Crippen LogP contribution in [0.1, 0.15) is 6.92 Å². The van der Waals surface area contributed by atoms with E-state index in [2.05, 4.69) is 4.90 Å². The van der Waals surface area contributed by atoms with Crippen LogP contribution < -0.4 is 0 Å². The van der Waals surface area contributed by atoms with Crippen LogP contribution >= 0.6 is 0 Å². The molecule has 42 heavy (non-hydrogen) atoms. The van der Waals surface area contributed by atoms with Crippen LogP contribution in [0.25, 0.3) is 0 Å². The van der Waals surface area contributed by atoms with Crippen molar-refractivity contribution in [2.75, 3.05) is 132 Å². The minimum atomic E-state index is -1.02. The van der Waals surface area contributed by atoms with Gasteiger partial charge in [-0.05, 0) is 20.6 Å². The molecule has 1 heterocycles. The third-order valence-corrected chi connectivity index (χ3v) is 7.14. The molecule has 16 heteroatoms. The molecule has 0 atom stereocenters. The first-order valence-corrected chi connectivity index (χ1v) is 14.2. The van der Waals surface area contributed by atoms with E-state index in [1.807, 2.05) is 30.8 Å². The number of nitrogens with zero attached hydrogens (tertiary/aromatic N) is 7. The predicted molar refractivity (Wildman–Crippen MR) is 154 cm³/mol. The van der Waals surface area contributed by atoms with E-state index in [-0.39, 0.29) is 91.0 Å². The molecule has 1 saturated heterocycles. The normalized spacial score (nSPS) is 16.9. The number of carbonyl (C=O) groups is 5. The molecule has 1 fully saturated rings. The van der Waals surface area contributed by atoms with Gasteiger partial charge in [-0.1, -0.05) is 6.92 Å². The summed E-state index contributed by atoms with van der Waals surface area (Å²) in [6, 6.07) is 0. The Morgan fingerprint density at radius 1 is 0.548 bits per heavy atom. The Kier molecular flexibility index (Phi) is 17.8. The van der Waals surface area contributed by atoms with E-state index >= 15 is 0 Å². The highest BCUT2D eigenvalue weighted by Gasteiger charge is 2.23. The molecule has 1 rings (SSSR count). The van der Waals surface area contributed by atoms with E-state index in [1.165, 1.54) is 0 Å². The first-order valence-electron chi connectivity index (χ1n) is 14.2. The van der Waals surface area contributed by atoms with Crippen molar-refractivity contribution < 1.29 is 44.4 Å². The summed E-state index contributed by atoms with van der Waals surface area (Å²) in [5, 5.41) is 37.0. The fraction of sp³-hybridized carbons (Fsp3) is 0.808. The average Bonchev–Trinajstić information content (AvgIpc) is 2.88. The number of carboxylic acid groups (broad SMARTS) is 4. The lowest BCUT2D eigenvalue weighted by atomic mass is 10.3. The van der Waals surface area contributed by atoms with Crippen LogP contribution in [0.5, 0.6) is 0 Å². The van der Waals surface area contributed by atoms with Gasteiger partial charge >= 0.3 is 23.9 Å². The van der Waals surface area contributed by atoms with E-state index in [0.29, 0.717) is 32.7 Å². The van der Waals surface area contributed by atoms with Gasteiger partial charge in [-0.3, -0.25) is 48.5 Å². The van der Waals surface area contributed by atoms with Crippen molar-refractivity contribution in [1.82, 2.24) is 34.3 Å². The van der Waals surface area contributed by atoms with Gasteiger partial charge in [0, 0.05) is 78.5 Å². The smallest absolute Gasteiger partial charge is 0.317 e. The monoisotopic (exact) mass is 603 g/mol. The molecule has 0 bridgehead atoms. The molecule has 0 radical (unpaired) electrons. The molecule has 0 spiro atoms. The Labute approximate surface area is 247 Å². The lowest BCUT2D eigenvalue weighted by molar-refractivity contribution is -0.141. The summed E-state index contributed by atoms with van der Waals surface area (Å²) in [5.74, 6) is -4.09. The topological polar surface area (TPSA) is 189 Å². The molecule has 1 amide bonds. The first-order chi connectivity index (χ1) is 19.8. The zero-order chi connectivity index (χ0) is 31.7. The van der Waals surface area contributed by atoms with Crippen LogP contribution in [0, 0.1) is 0 Å². The maximum Gasteiger partial charge on any atom is 0.317 e. The summed E-state index contributed by atoms with van der Waals surface area (Å²) in [5.41, 5.74) is 0. The van der Waals surface area contributed by atoms with Gasteiger partial charge in [0.15, 0.2) is 0 Å². The third kappa shape index (κ3) is 17.2. The number of carboxylic acids is 4. The molecule has 1 aliphatic heterocycles. The van der Waals surface area contributed by atoms with E-state index < -0.39 is 23.9 Å². The van der Waals surface area contributed by atoms with Crippen molar-refractivity contribution in [2.24, 2.45) is 0 Å². The van der Waals surface area contributed by atoms with E-state index in [0.717, 1.165) is 0 Å². The second-order valence-corrected chi connectivity index (χ2v) is 10.7. The zero-order valence-corrected chi connectivity index (χ0v) is 25.2. The van der Waals surface area contributed by atoms with Gasteiger partial charge in [-0.25, -0.2) is 0 Å². The van der Waals surface area contributed by atoms with E-state index in [1.54, 1.807) is 19.6 Å². The van der Waals surface area contributed by atoms with Crippen molar-refractivity contribution in [3.63, 3.8) is 0 Å². The molecule has 0 aromatic carbocycles. The number of hydrogen-bond donors (Lipinski definition) is 4. The van der Waals surface area contributed by atoms with Gasteiger partial charge in [-0.2, -0.15) is 0 Å². The molecule has 0 unspecified atom stereocenters. The van der Waals surface area contributed by atoms with Gasteiger partial charge in [0.1, 0.15) is 0 Å².